The molecule has 110 valence electrons. The molecule has 1 atom stereocenters. The minimum absolute atomic E-state index is 0. The first-order chi connectivity index (χ1) is 9.26. The third kappa shape index (κ3) is 8.33. The summed E-state index contributed by atoms with van der Waals surface area (Å²) in [6, 6.07) is 10.4. The summed E-state index contributed by atoms with van der Waals surface area (Å²) in [5.74, 6) is 3.33. The topological polar surface area (TPSA) is 36.4 Å². The normalized spacial score (nSPS) is 11.9. The molecule has 20 heavy (non-hydrogen) atoms. The molecular weight excluding hydrogens is 381 g/mol. The van der Waals surface area contributed by atoms with E-state index >= 15 is 0 Å². The van der Waals surface area contributed by atoms with Crippen molar-refractivity contribution in [2.24, 2.45) is 4.99 Å². The maximum Gasteiger partial charge on any atom is 0.192 e. The number of terminal acetylenes is 1. The van der Waals surface area contributed by atoms with Crippen LogP contribution < -0.4 is 10.6 Å². The van der Waals surface area contributed by atoms with Crippen LogP contribution in [-0.4, -0.2) is 30.8 Å². The second-order valence-electron chi connectivity index (χ2n) is 4.02. The Labute approximate surface area is 143 Å². The molecule has 0 fully saturated rings. The molecule has 1 rings (SSSR count). The molecule has 3 nitrogen and oxygen atoms in total. The summed E-state index contributed by atoms with van der Waals surface area (Å²) in [4.78, 5) is 5.80. The van der Waals surface area contributed by atoms with Crippen LogP contribution in [0.2, 0.25) is 0 Å². The molecule has 0 radical (unpaired) electrons. The lowest BCUT2D eigenvalue weighted by atomic mass is 10.4. The van der Waals surface area contributed by atoms with Crippen molar-refractivity contribution >= 4 is 41.7 Å². The number of aliphatic imine (C=N–C) groups is 1. The van der Waals surface area contributed by atoms with Crippen LogP contribution in [0.25, 0.3) is 0 Å². The predicted octanol–water partition coefficient (Wildman–Crippen LogP) is 2.97. The van der Waals surface area contributed by atoms with Crippen molar-refractivity contribution < 1.29 is 0 Å². The Morgan fingerprint density at radius 3 is 2.65 bits per heavy atom. The first-order valence-electron chi connectivity index (χ1n) is 6.43. The first kappa shape index (κ1) is 19.1. The van der Waals surface area contributed by atoms with E-state index in [2.05, 4.69) is 52.7 Å². The van der Waals surface area contributed by atoms with Crippen molar-refractivity contribution in [1.82, 2.24) is 10.6 Å². The van der Waals surface area contributed by atoms with Crippen molar-refractivity contribution in [2.75, 3.05) is 19.6 Å². The van der Waals surface area contributed by atoms with E-state index in [1.165, 1.54) is 4.90 Å². The zero-order chi connectivity index (χ0) is 13.9. The highest BCUT2D eigenvalue weighted by atomic mass is 127. The van der Waals surface area contributed by atoms with Crippen LogP contribution in [-0.2, 0) is 0 Å². The summed E-state index contributed by atoms with van der Waals surface area (Å²) in [7, 11) is 0. The highest BCUT2D eigenvalue weighted by Gasteiger charge is 2.04. The van der Waals surface area contributed by atoms with Crippen LogP contribution in [0.4, 0.5) is 0 Å². The highest BCUT2D eigenvalue weighted by Crippen LogP contribution is 2.22. The van der Waals surface area contributed by atoms with E-state index in [1.54, 1.807) is 0 Å². The van der Waals surface area contributed by atoms with E-state index in [0.29, 0.717) is 11.8 Å². The maximum atomic E-state index is 5.23. The molecule has 0 amide bonds. The number of hydrogen-bond acceptors (Lipinski definition) is 2. The van der Waals surface area contributed by atoms with Gasteiger partial charge in [0.15, 0.2) is 5.96 Å². The molecule has 0 spiro atoms. The summed E-state index contributed by atoms with van der Waals surface area (Å²) in [6.07, 6.45) is 5.23. The van der Waals surface area contributed by atoms with Crippen molar-refractivity contribution in [2.45, 2.75) is 24.0 Å². The van der Waals surface area contributed by atoms with Crippen LogP contribution in [0, 0.1) is 12.3 Å². The van der Waals surface area contributed by atoms with E-state index in [1.807, 2.05) is 24.8 Å². The van der Waals surface area contributed by atoms with Crippen molar-refractivity contribution in [1.29, 1.82) is 0 Å². The molecule has 1 aromatic carbocycles. The van der Waals surface area contributed by atoms with Crippen LogP contribution in [0.3, 0.4) is 0 Å². The number of benzene rings is 1. The van der Waals surface area contributed by atoms with Gasteiger partial charge in [-0.3, -0.25) is 4.99 Å². The van der Waals surface area contributed by atoms with E-state index in [9.17, 15) is 0 Å². The first-order valence-corrected chi connectivity index (χ1v) is 7.31. The van der Waals surface area contributed by atoms with E-state index in [4.69, 9.17) is 6.42 Å². The quantitative estimate of drug-likeness (QED) is 0.252. The second-order valence-corrected chi connectivity index (χ2v) is 5.53. The third-order valence-corrected chi connectivity index (χ3v) is 3.38. The van der Waals surface area contributed by atoms with E-state index in [-0.39, 0.29) is 24.0 Å². The minimum Gasteiger partial charge on any atom is -0.357 e. The molecule has 2 N–H and O–H groups in total. The molecule has 5 heteroatoms. The summed E-state index contributed by atoms with van der Waals surface area (Å²) in [5.41, 5.74) is 0. The maximum absolute atomic E-state index is 5.23. The van der Waals surface area contributed by atoms with Gasteiger partial charge in [0.1, 0.15) is 0 Å². The average Bonchev–Trinajstić information content (AvgIpc) is 2.43. The lowest BCUT2D eigenvalue weighted by Crippen LogP contribution is -2.37. The molecule has 0 aliphatic heterocycles. The van der Waals surface area contributed by atoms with Gasteiger partial charge in [0.25, 0.3) is 0 Å². The molecule has 0 aromatic heterocycles. The highest BCUT2D eigenvalue weighted by molar-refractivity contribution is 14.0. The Morgan fingerprint density at radius 2 is 2.05 bits per heavy atom. The number of thioether (sulfide) groups is 1. The predicted molar refractivity (Wildman–Crippen MR) is 100.0 cm³/mol. The van der Waals surface area contributed by atoms with Crippen LogP contribution in [0.15, 0.2) is 40.2 Å². The van der Waals surface area contributed by atoms with Gasteiger partial charge in [-0.2, -0.15) is 0 Å². The van der Waals surface area contributed by atoms with E-state index in [0.717, 1.165) is 19.0 Å². The zero-order valence-electron chi connectivity index (χ0n) is 11.9. The lowest BCUT2D eigenvalue weighted by Gasteiger charge is -2.12. The Balaban J connectivity index is 0.00000361. The molecule has 0 saturated heterocycles. The molecule has 0 aliphatic carbocycles. The van der Waals surface area contributed by atoms with Gasteiger partial charge in [0.2, 0.25) is 0 Å². The SMILES string of the molecule is C#CCNC(=NCC(C)Sc1ccccc1)NCC.I. The Kier molecular flexibility index (Phi) is 11.4. The third-order valence-electron chi connectivity index (χ3n) is 2.29. The number of nitrogens with zero attached hydrogens (tertiary/aromatic N) is 1. The Morgan fingerprint density at radius 1 is 1.35 bits per heavy atom. The number of guanidine groups is 1. The van der Waals surface area contributed by atoms with Crippen LogP contribution in [0.5, 0.6) is 0 Å². The van der Waals surface area contributed by atoms with E-state index < -0.39 is 0 Å². The molecule has 0 aliphatic rings. The van der Waals surface area contributed by atoms with Crippen LogP contribution >= 0.6 is 35.7 Å². The molecule has 1 unspecified atom stereocenters. The molecular formula is C15H22IN3S. The van der Waals surface area contributed by atoms with Crippen molar-refractivity contribution in [3.05, 3.63) is 30.3 Å². The largest absolute Gasteiger partial charge is 0.357 e. The summed E-state index contributed by atoms with van der Waals surface area (Å²) >= 11 is 1.82. The molecule has 0 heterocycles. The number of hydrogen-bond donors (Lipinski definition) is 2. The fraction of sp³-hybridized carbons (Fsp3) is 0.400. The fourth-order valence-corrected chi connectivity index (χ4v) is 2.39. The van der Waals surface area contributed by atoms with Crippen molar-refractivity contribution in [3.8, 4) is 12.3 Å². The number of halogens is 1. The number of rotatable bonds is 6. The van der Waals surface area contributed by atoms with Gasteiger partial charge in [-0.25, -0.2) is 0 Å². The van der Waals surface area contributed by atoms with Crippen LogP contribution in [0.1, 0.15) is 13.8 Å². The van der Waals surface area contributed by atoms with Gasteiger partial charge < -0.3 is 10.6 Å². The summed E-state index contributed by atoms with van der Waals surface area (Å²) in [6.45, 7) is 6.28. The smallest absolute Gasteiger partial charge is 0.192 e. The molecule has 0 bridgehead atoms. The van der Waals surface area contributed by atoms with Gasteiger partial charge in [-0.15, -0.1) is 42.2 Å². The average molecular weight is 403 g/mol. The van der Waals surface area contributed by atoms with Gasteiger partial charge in [-0.1, -0.05) is 31.0 Å². The zero-order valence-corrected chi connectivity index (χ0v) is 15.1. The lowest BCUT2D eigenvalue weighted by molar-refractivity contribution is 0.852. The molecule has 0 saturated carbocycles. The van der Waals surface area contributed by atoms with Gasteiger partial charge in [0, 0.05) is 16.7 Å². The Hall–Kier alpha value is -0.870. The summed E-state index contributed by atoms with van der Waals surface area (Å²) in [5, 5.41) is 6.67. The van der Waals surface area contributed by atoms with Gasteiger partial charge >= 0.3 is 0 Å². The van der Waals surface area contributed by atoms with Gasteiger partial charge in [-0.05, 0) is 19.1 Å². The minimum atomic E-state index is 0. The second kappa shape index (κ2) is 11.9. The number of nitrogens with one attached hydrogen (secondary N) is 2. The monoisotopic (exact) mass is 403 g/mol. The van der Waals surface area contributed by atoms with Crippen molar-refractivity contribution in [3.63, 3.8) is 0 Å². The standard InChI is InChI=1S/C15H21N3S.HI/c1-4-11-17-15(16-5-2)18-12-13(3)19-14-9-7-6-8-10-14;/h1,6-10,13H,5,11-12H2,2-3H3,(H2,16,17,18);1H. The summed E-state index contributed by atoms with van der Waals surface area (Å²) < 4.78 is 0. The Bertz CT molecular complexity index is 428. The fourth-order valence-electron chi connectivity index (χ4n) is 1.46. The van der Waals surface area contributed by atoms with Gasteiger partial charge in [0.05, 0.1) is 13.1 Å². The molecule has 1 aromatic rings.